The Balaban J connectivity index is 1.91. The minimum Gasteiger partial charge on any atom is -0.337 e. The number of H-pyrrole nitrogens is 1. The number of likely N-dealkylation sites (tertiary alicyclic amines) is 1. The highest BCUT2D eigenvalue weighted by atomic mass is 16.2. The molecule has 1 aliphatic rings. The van der Waals surface area contributed by atoms with Crippen LogP contribution in [0.5, 0.6) is 0 Å². The lowest BCUT2D eigenvalue weighted by molar-refractivity contribution is 0.0666. The molecule has 0 spiro atoms. The van der Waals surface area contributed by atoms with Gasteiger partial charge >= 0.3 is 0 Å². The van der Waals surface area contributed by atoms with Crippen LogP contribution in [-0.4, -0.2) is 46.7 Å². The van der Waals surface area contributed by atoms with Gasteiger partial charge in [0.15, 0.2) is 0 Å². The van der Waals surface area contributed by atoms with Crippen LogP contribution in [0.15, 0.2) is 6.07 Å². The summed E-state index contributed by atoms with van der Waals surface area (Å²) >= 11 is 0. The maximum absolute atomic E-state index is 12.3. The van der Waals surface area contributed by atoms with Crippen LogP contribution in [-0.2, 0) is 0 Å². The Morgan fingerprint density at radius 1 is 1.63 bits per heavy atom. The maximum atomic E-state index is 12.3. The highest BCUT2D eigenvalue weighted by Gasteiger charge is 2.25. The maximum Gasteiger partial charge on any atom is 0.274 e. The first-order valence-electron chi connectivity index (χ1n) is 7.11. The molecule has 0 radical (unpaired) electrons. The Hall–Kier alpha value is -1.36. The Morgan fingerprint density at radius 2 is 2.42 bits per heavy atom. The first-order chi connectivity index (χ1) is 9.06. The van der Waals surface area contributed by atoms with Crippen molar-refractivity contribution in [1.82, 2.24) is 20.4 Å². The third kappa shape index (κ3) is 3.80. The van der Waals surface area contributed by atoms with Crippen molar-refractivity contribution in [2.75, 3.05) is 19.6 Å². The van der Waals surface area contributed by atoms with Crippen molar-refractivity contribution in [2.45, 2.75) is 39.7 Å². The molecule has 2 heterocycles. The fourth-order valence-corrected chi connectivity index (χ4v) is 2.51. The summed E-state index contributed by atoms with van der Waals surface area (Å²) in [5.41, 5.74) is 1.47. The fourth-order valence-electron chi connectivity index (χ4n) is 2.51. The number of hydrogen-bond acceptors (Lipinski definition) is 3. The van der Waals surface area contributed by atoms with Crippen LogP contribution in [0.3, 0.4) is 0 Å². The molecule has 1 unspecified atom stereocenters. The molecule has 5 nitrogen and oxygen atoms in total. The van der Waals surface area contributed by atoms with Gasteiger partial charge in [-0.15, -0.1) is 0 Å². The molecular formula is C14H24N4O. The van der Waals surface area contributed by atoms with Gasteiger partial charge in [0.05, 0.1) is 0 Å². The first kappa shape index (κ1) is 14.1. The molecule has 19 heavy (non-hydrogen) atoms. The number of hydrogen-bond donors (Lipinski definition) is 2. The van der Waals surface area contributed by atoms with Gasteiger partial charge in [-0.2, -0.15) is 5.10 Å². The zero-order valence-electron chi connectivity index (χ0n) is 12.1. The van der Waals surface area contributed by atoms with Gasteiger partial charge in [0, 0.05) is 24.8 Å². The standard InChI is InChI=1S/C14H24N4O/c1-10(2)15-8-12-5-4-6-18(9-12)14(19)13-7-11(3)16-17-13/h7,10,12,15H,4-6,8-9H2,1-3H3,(H,16,17). The summed E-state index contributed by atoms with van der Waals surface area (Å²) in [5, 5.41) is 10.3. The van der Waals surface area contributed by atoms with Crippen LogP contribution in [0.2, 0.25) is 0 Å². The van der Waals surface area contributed by atoms with Gasteiger partial charge < -0.3 is 10.2 Å². The quantitative estimate of drug-likeness (QED) is 0.867. The lowest BCUT2D eigenvalue weighted by atomic mass is 9.97. The van der Waals surface area contributed by atoms with E-state index in [1.54, 1.807) is 0 Å². The average Bonchev–Trinajstić information content (AvgIpc) is 2.82. The molecule has 1 atom stereocenters. The van der Waals surface area contributed by atoms with Crippen molar-refractivity contribution in [1.29, 1.82) is 0 Å². The number of aryl methyl sites for hydroxylation is 1. The molecule has 0 bridgehead atoms. The van der Waals surface area contributed by atoms with E-state index in [4.69, 9.17) is 0 Å². The molecule has 1 aromatic rings. The van der Waals surface area contributed by atoms with E-state index >= 15 is 0 Å². The van der Waals surface area contributed by atoms with Gasteiger partial charge in [0.2, 0.25) is 0 Å². The van der Waals surface area contributed by atoms with Crippen molar-refractivity contribution in [3.8, 4) is 0 Å². The zero-order valence-corrected chi connectivity index (χ0v) is 12.1. The number of aromatic amines is 1. The van der Waals surface area contributed by atoms with Gasteiger partial charge in [0.25, 0.3) is 5.91 Å². The van der Waals surface area contributed by atoms with E-state index in [2.05, 4.69) is 29.4 Å². The van der Waals surface area contributed by atoms with E-state index in [1.807, 2.05) is 17.9 Å². The third-order valence-electron chi connectivity index (χ3n) is 3.55. The lowest BCUT2D eigenvalue weighted by Crippen LogP contribution is -2.43. The van der Waals surface area contributed by atoms with E-state index in [0.29, 0.717) is 17.7 Å². The molecule has 106 valence electrons. The number of amides is 1. The van der Waals surface area contributed by atoms with Gasteiger partial charge in [-0.1, -0.05) is 13.8 Å². The fraction of sp³-hybridized carbons (Fsp3) is 0.714. The van der Waals surface area contributed by atoms with Crippen molar-refractivity contribution in [3.05, 3.63) is 17.5 Å². The van der Waals surface area contributed by atoms with Gasteiger partial charge in [-0.05, 0) is 38.3 Å². The smallest absolute Gasteiger partial charge is 0.274 e. The van der Waals surface area contributed by atoms with Crippen LogP contribution in [0, 0.1) is 12.8 Å². The summed E-state index contributed by atoms with van der Waals surface area (Å²) in [6.07, 6.45) is 2.28. The Labute approximate surface area is 114 Å². The molecule has 2 rings (SSSR count). The van der Waals surface area contributed by atoms with Crippen LogP contribution < -0.4 is 5.32 Å². The monoisotopic (exact) mass is 264 g/mol. The van der Waals surface area contributed by atoms with Gasteiger partial charge in [-0.3, -0.25) is 9.89 Å². The van der Waals surface area contributed by atoms with Crippen LogP contribution >= 0.6 is 0 Å². The molecular weight excluding hydrogens is 240 g/mol. The van der Waals surface area contributed by atoms with E-state index in [0.717, 1.165) is 31.7 Å². The van der Waals surface area contributed by atoms with Gasteiger partial charge in [-0.25, -0.2) is 0 Å². The summed E-state index contributed by atoms with van der Waals surface area (Å²) in [7, 11) is 0. The SMILES string of the molecule is Cc1cc(C(=O)N2CCCC(CNC(C)C)C2)n[nH]1. The molecule has 1 aromatic heterocycles. The van der Waals surface area contributed by atoms with Crippen molar-refractivity contribution in [3.63, 3.8) is 0 Å². The van der Waals surface area contributed by atoms with Crippen LogP contribution in [0.25, 0.3) is 0 Å². The largest absolute Gasteiger partial charge is 0.337 e. The second-order valence-corrected chi connectivity index (χ2v) is 5.76. The number of carbonyl (C=O) groups is 1. The zero-order chi connectivity index (χ0) is 13.8. The van der Waals surface area contributed by atoms with Crippen molar-refractivity contribution in [2.24, 2.45) is 5.92 Å². The van der Waals surface area contributed by atoms with E-state index in [-0.39, 0.29) is 5.91 Å². The highest BCUT2D eigenvalue weighted by molar-refractivity contribution is 5.92. The Kier molecular flexibility index (Phi) is 4.58. The molecule has 1 saturated heterocycles. The van der Waals surface area contributed by atoms with Crippen molar-refractivity contribution >= 4 is 5.91 Å². The van der Waals surface area contributed by atoms with Crippen LogP contribution in [0.1, 0.15) is 42.9 Å². The molecule has 1 amide bonds. The summed E-state index contributed by atoms with van der Waals surface area (Å²) in [6, 6.07) is 2.32. The molecule has 1 aliphatic heterocycles. The highest BCUT2D eigenvalue weighted by Crippen LogP contribution is 2.18. The predicted molar refractivity (Wildman–Crippen MR) is 75.1 cm³/mol. The topological polar surface area (TPSA) is 61.0 Å². The van der Waals surface area contributed by atoms with Gasteiger partial charge in [0.1, 0.15) is 5.69 Å². The second kappa shape index (κ2) is 6.19. The predicted octanol–water partition coefficient (Wildman–Crippen LogP) is 1.57. The number of nitrogens with one attached hydrogen (secondary N) is 2. The number of nitrogens with zero attached hydrogens (tertiary/aromatic N) is 2. The lowest BCUT2D eigenvalue weighted by Gasteiger charge is -2.32. The Bertz CT molecular complexity index is 427. The molecule has 0 aromatic carbocycles. The number of carbonyl (C=O) groups excluding carboxylic acids is 1. The normalized spacial score (nSPS) is 20.0. The molecule has 2 N–H and O–H groups in total. The number of aromatic nitrogens is 2. The first-order valence-corrected chi connectivity index (χ1v) is 7.11. The molecule has 5 heteroatoms. The number of rotatable bonds is 4. The average molecular weight is 264 g/mol. The van der Waals surface area contributed by atoms with E-state index in [1.165, 1.54) is 6.42 Å². The number of piperidine rings is 1. The van der Waals surface area contributed by atoms with E-state index in [9.17, 15) is 4.79 Å². The summed E-state index contributed by atoms with van der Waals surface area (Å²) in [4.78, 5) is 14.3. The van der Waals surface area contributed by atoms with E-state index < -0.39 is 0 Å². The third-order valence-corrected chi connectivity index (χ3v) is 3.55. The summed E-state index contributed by atoms with van der Waals surface area (Å²) in [5.74, 6) is 0.610. The molecule has 0 saturated carbocycles. The second-order valence-electron chi connectivity index (χ2n) is 5.76. The molecule has 1 fully saturated rings. The minimum atomic E-state index is 0.0543. The summed E-state index contributed by atoms with van der Waals surface area (Å²) < 4.78 is 0. The minimum absolute atomic E-state index is 0.0543. The molecule has 0 aliphatic carbocycles. The summed E-state index contributed by atoms with van der Waals surface area (Å²) in [6.45, 7) is 8.89. The Morgan fingerprint density at radius 3 is 3.05 bits per heavy atom. The van der Waals surface area contributed by atoms with Crippen molar-refractivity contribution < 1.29 is 4.79 Å². The van der Waals surface area contributed by atoms with Crippen LogP contribution in [0.4, 0.5) is 0 Å².